The average molecular weight is 259 g/mol. The van der Waals surface area contributed by atoms with Gasteiger partial charge < -0.3 is 4.79 Å². The summed E-state index contributed by atoms with van der Waals surface area (Å²) in [6.45, 7) is 5.73. The van der Waals surface area contributed by atoms with E-state index in [1.54, 1.807) is 19.1 Å². The van der Waals surface area contributed by atoms with Gasteiger partial charge in [-0.25, -0.2) is 0 Å². The molecule has 0 aromatic heterocycles. The Kier molecular flexibility index (Phi) is 4.40. The first-order chi connectivity index (χ1) is 7.30. The molecule has 0 fully saturated rings. The molecule has 1 aromatic carbocycles. The molecule has 1 aromatic rings. The molecular weight excluding hydrogens is 243 g/mol. The molecule has 0 bridgehead atoms. The van der Waals surface area contributed by atoms with E-state index in [1.807, 2.05) is 6.07 Å². The molecule has 16 heavy (non-hydrogen) atoms. The van der Waals surface area contributed by atoms with Crippen LogP contribution in [0.15, 0.2) is 18.2 Å². The van der Waals surface area contributed by atoms with Gasteiger partial charge in [-0.05, 0) is 42.5 Å². The maximum absolute atomic E-state index is 11.1. The van der Waals surface area contributed by atoms with Gasteiger partial charge in [0.1, 0.15) is 5.78 Å². The standard InChI is InChI=1S/C13H16Cl2O/c1-9(16)7-13(2,3)8-10-6-11(14)4-5-12(10)15/h4-6H,7-8H2,1-3H3. The van der Waals surface area contributed by atoms with Gasteiger partial charge in [-0.3, -0.25) is 0 Å². The number of carbonyl (C=O) groups is 1. The van der Waals surface area contributed by atoms with Gasteiger partial charge in [-0.15, -0.1) is 0 Å². The Morgan fingerprint density at radius 2 is 1.94 bits per heavy atom. The molecule has 0 amide bonds. The van der Waals surface area contributed by atoms with Crippen LogP contribution in [0.5, 0.6) is 0 Å². The Morgan fingerprint density at radius 1 is 1.31 bits per heavy atom. The minimum atomic E-state index is -0.0832. The molecule has 88 valence electrons. The molecule has 0 N–H and O–H groups in total. The highest BCUT2D eigenvalue weighted by Crippen LogP contribution is 2.31. The number of hydrogen-bond donors (Lipinski definition) is 0. The first-order valence-corrected chi connectivity index (χ1v) is 5.99. The fourth-order valence-corrected chi connectivity index (χ4v) is 2.31. The summed E-state index contributed by atoms with van der Waals surface area (Å²) in [5.41, 5.74) is 0.917. The number of ketones is 1. The second kappa shape index (κ2) is 5.20. The van der Waals surface area contributed by atoms with Crippen LogP contribution in [0.1, 0.15) is 32.8 Å². The molecule has 0 heterocycles. The Hall–Kier alpha value is -0.530. The summed E-state index contributed by atoms with van der Waals surface area (Å²) in [4.78, 5) is 11.1. The molecule has 1 rings (SSSR count). The summed E-state index contributed by atoms with van der Waals surface area (Å²) in [7, 11) is 0. The summed E-state index contributed by atoms with van der Waals surface area (Å²) in [5, 5.41) is 1.39. The Labute approximate surface area is 107 Å². The number of Topliss-reactive ketones (excluding diaryl/α,β-unsaturated/α-hetero) is 1. The summed E-state index contributed by atoms with van der Waals surface area (Å²) in [5.74, 6) is 0.197. The topological polar surface area (TPSA) is 17.1 Å². The van der Waals surface area contributed by atoms with Gasteiger partial charge in [0, 0.05) is 16.5 Å². The van der Waals surface area contributed by atoms with Crippen LogP contribution in [0.2, 0.25) is 10.0 Å². The van der Waals surface area contributed by atoms with Crippen molar-refractivity contribution in [3.63, 3.8) is 0 Å². The molecule has 3 heteroatoms. The summed E-state index contributed by atoms with van der Waals surface area (Å²) in [6, 6.07) is 5.43. The normalized spacial score (nSPS) is 11.6. The van der Waals surface area contributed by atoms with Crippen molar-refractivity contribution in [3.05, 3.63) is 33.8 Å². The van der Waals surface area contributed by atoms with Crippen molar-refractivity contribution in [2.45, 2.75) is 33.6 Å². The number of rotatable bonds is 4. The Bertz CT molecular complexity index is 397. The molecule has 1 nitrogen and oxygen atoms in total. The monoisotopic (exact) mass is 258 g/mol. The van der Waals surface area contributed by atoms with Crippen LogP contribution in [-0.2, 0) is 11.2 Å². The molecule has 0 atom stereocenters. The fraction of sp³-hybridized carbons (Fsp3) is 0.462. The molecule has 0 unspecified atom stereocenters. The van der Waals surface area contributed by atoms with Crippen LogP contribution in [0.4, 0.5) is 0 Å². The van der Waals surface area contributed by atoms with Crippen LogP contribution in [0.3, 0.4) is 0 Å². The Balaban J connectivity index is 2.86. The zero-order valence-corrected chi connectivity index (χ0v) is 11.3. The summed E-state index contributed by atoms with van der Waals surface area (Å²) < 4.78 is 0. The zero-order chi connectivity index (χ0) is 12.3. The third kappa shape index (κ3) is 4.15. The van der Waals surface area contributed by atoms with Crippen molar-refractivity contribution in [3.8, 4) is 0 Å². The van der Waals surface area contributed by atoms with Gasteiger partial charge in [0.2, 0.25) is 0 Å². The van der Waals surface area contributed by atoms with Crippen molar-refractivity contribution in [1.29, 1.82) is 0 Å². The molecule has 0 aliphatic carbocycles. The Morgan fingerprint density at radius 3 is 2.50 bits per heavy atom. The third-order valence-electron chi connectivity index (χ3n) is 2.40. The second-order valence-corrected chi connectivity index (χ2v) is 5.80. The predicted molar refractivity (Wildman–Crippen MR) is 69.2 cm³/mol. The van der Waals surface area contributed by atoms with Crippen molar-refractivity contribution >= 4 is 29.0 Å². The van der Waals surface area contributed by atoms with E-state index in [2.05, 4.69) is 13.8 Å². The van der Waals surface area contributed by atoms with Gasteiger partial charge in [-0.1, -0.05) is 37.0 Å². The highest BCUT2D eigenvalue weighted by molar-refractivity contribution is 6.33. The predicted octanol–water partition coefficient (Wildman–Crippen LogP) is 4.54. The maximum Gasteiger partial charge on any atom is 0.130 e. The van der Waals surface area contributed by atoms with Crippen LogP contribution in [0.25, 0.3) is 0 Å². The molecule has 0 saturated carbocycles. The van der Waals surface area contributed by atoms with E-state index >= 15 is 0 Å². The van der Waals surface area contributed by atoms with Crippen molar-refractivity contribution in [2.24, 2.45) is 5.41 Å². The molecule has 0 spiro atoms. The maximum atomic E-state index is 11.1. The lowest BCUT2D eigenvalue weighted by atomic mass is 9.81. The van der Waals surface area contributed by atoms with Gasteiger partial charge in [0.05, 0.1) is 0 Å². The molecule has 0 radical (unpaired) electrons. The lowest BCUT2D eigenvalue weighted by Crippen LogP contribution is -2.18. The van der Waals surface area contributed by atoms with Gasteiger partial charge >= 0.3 is 0 Å². The van der Waals surface area contributed by atoms with Crippen LogP contribution in [0, 0.1) is 5.41 Å². The zero-order valence-electron chi connectivity index (χ0n) is 9.81. The van der Waals surface area contributed by atoms with Crippen molar-refractivity contribution < 1.29 is 4.79 Å². The van der Waals surface area contributed by atoms with E-state index in [-0.39, 0.29) is 11.2 Å². The second-order valence-electron chi connectivity index (χ2n) is 4.96. The van der Waals surface area contributed by atoms with Crippen LogP contribution >= 0.6 is 23.2 Å². The van der Waals surface area contributed by atoms with E-state index in [0.717, 1.165) is 12.0 Å². The van der Waals surface area contributed by atoms with E-state index in [9.17, 15) is 4.79 Å². The van der Waals surface area contributed by atoms with Gasteiger partial charge in [0.25, 0.3) is 0 Å². The molecular formula is C13H16Cl2O. The average Bonchev–Trinajstić information content (AvgIpc) is 2.08. The molecule has 0 aliphatic rings. The summed E-state index contributed by atoms with van der Waals surface area (Å²) in [6.07, 6.45) is 1.31. The van der Waals surface area contributed by atoms with Crippen LogP contribution in [-0.4, -0.2) is 5.78 Å². The first kappa shape index (κ1) is 13.5. The quantitative estimate of drug-likeness (QED) is 0.775. The largest absolute Gasteiger partial charge is 0.300 e. The van der Waals surface area contributed by atoms with Crippen molar-refractivity contribution in [2.75, 3.05) is 0 Å². The van der Waals surface area contributed by atoms with Crippen LogP contribution < -0.4 is 0 Å². The van der Waals surface area contributed by atoms with Gasteiger partial charge in [0.15, 0.2) is 0 Å². The fourth-order valence-electron chi connectivity index (χ4n) is 1.93. The van der Waals surface area contributed by atoms with E-state index in [1.165, 1.54) is 0 Å². The number of halogens is 2. The molecule has 0 aliphatic heterocycles. The first-order valence-electron chi connectivity index (χ1n) is 5.23. The highest BCUT2D eigenvalue weighted by atomic mass is 35.5. The van der Waals surface area contributed by atoms with Crippen molar-refractivity contribution in [1.82, 2.24) is 0 Å². The number of carbonyl (C=O) groups excluding carboxylic acids is 1. The number of benzene rings is 1. The van der Waals surface area contributed by atoms with Gasteiger partial charge in [-0.2, -0.15) is 0 Å². The van der Waals surface area contributed by atoms with E-state index in [0.29, 0.717) is 16.5 Å². The van der Waals surface area contributed by atoms with E-state index < -0.39 is 0 Å². The smallest absolute Gasteiger partial charge is 0.130 e. The lowest BCUT2D eigenvalue weighted by molar-refractivity contribution is -0.118. The summed E-state index contributed by atoms with van der Waals surface area (Å²) >= 11 is 12.0. The minimum Gasteiger partial charge on any atom is -0.300 e. The minimum absolute atomic E-state index is 0.0832. The third-order valence-corrected chi connectivity index (χ3v) is 3.01. The SMILES string of the molecule is CC(=O)CC(C)(C)Cc1cc(Cl)ccc1Cl. The lowest BCUT2D eigenvalue weighted by Gasteiger charge is -2.23. The number of hydrogen-bond acceptors (Lipinski definition) is 1. The molecule has 0 saturated heterocycles. The van der Waals surface area contributed by atoms with E-state index in [4.69, 9.17) is 23.2 Å². The highest BCUT2D eigenvalue weighted by Gasteiger charge is 2.21.